The second-order valence-electron chi connectivity index (χ2n) is 14.2. The lowest BCUT2D eigenvalue weighted by molar-refractivity contribution is -0.754. The molecule has 21 N–H and O–H groups in total. The number of guanidine groups is 3. The second kappa shape index (κ2) is 20.9. The normalized spacial score (nSPS) is 14.8. The maximum Gasteiger partial charge on any atom is 0.375 e. The van der Waals surface area contributed by atoms with Crippen molar-refractivity contribution in [1.82, 2.24) is 26.6 Å². The molecule has 21 heteroatoms. The fourth-order valence-corrected chi connectivity index (χ4v) is 5.59. The van der Waals surface area contributed by atoms with E-state index in [1.807, 2.05) is 30.3 Å². The third-order valence-electron chi connectivity index (χ3n) is 8.47. The van der Waals surface area contributed by atoms with Gasteiger partial charge in [-0.25, -0.2) is 0 Å². The Labute approximate surface area is 324 Å². The highest BCUT2D eigenvalue weighted by Gasteiger charge is 2.37. The zero-order valence-electron chi connectivity index (χ0n) is 31.9. The number of carbonyl (C=O) groups is 4. The molecule has 0 saturated carbocycles. The Morgan fingerprint density at radius 1 is 0.839 bits per heavy atom. The van der Waals surface area contributed by atoms with Crippen LogP contribution in [0.2, 0.25) is 0 Å². The highest BCUT2D eigenvalue weighted by atomic mass is 16.6. The number of nitrogens with two attached hydrogens (primary N) is 7. The smallest absolute Gasteiger partial charge is 0.375 e. The molecular weight excluding hydrogens is 726 g/mol. The standard InChI is InChI=1S/C35H55N15O6/c1-35(2,3)27(31(54)47-24(10-12-55-49-33(39)40)29(52)44-17-21-8-9-23-22(14-21)18-43-28(23)36)48-30(53)25(11-13-56-50-34(41)42)46-26(51)15-19-4-6-20(7-5-19)16-45-32(37)38/h4-9,14,24-25,27-28,43H,10-13,15-18,36H2,1-3H3,(H,44,52)(H,46,51)(H,47,54)(H,48,53)(H4,37,38,45)(H4,39,40,49)(H4,41,42,50)/p+2/t24-,25-,27+,28?/m0/s1. The summed E-state index contributed by atoms with van der Waals surface area (Å²) in [5.74, 6) is -2.77. The van der Waals surface area contributed by atoms with Crippen LogP contribution in [-0.4, -0.2) is 72.8 Å². The van der Waals surface area contributed by atoms with Gasteiger partial charge in [-0.15, -0.1) is 5.16 Å². The molecule has 1 heterocycles. The minimum Gasteiger partial charge on any atom is -0.393 e. The minimum atomic E-state index is -1.18. The number of hydrogen-bond acceptors (Lipinski definition) is 9. The van der Waals surface area contributed by atoms with Gasteiger partial charge in [0.25, 0.3) is 0 Å². The van der Waals surface area contributed by atoms with Gasteiger partial charge in [0.2, 0.25) is 29.6 Å². The van der Waals surface area contributed by atoms with E-state index in [-0.39, 0.29) is 63.1 Å². The number of fused-ring (bicyclic) bond motifs is 1. The lowest BCUT2D eigenvalue weighted by atomic mass is 9.85. The predicted molar refractivity (Wildman–Crippen MR) is 207 cm³/mol. The average molecular weight is 784 g/mol. The second-order valence-corrected chi connectivity index (χ2v) is 14.2. The molecule has 4 amide bonds. The van der Waals surface area contributed by atoms with Crippen LogP contribution in [0.1, 0.15) is 67.6 Å². The van der Waals surface area contributed by atoms with Crippen LogP contribution in [0.4, 0.5) is 0 Å². The number of nitrogens with one attached hydrogen (secondary N) is 7. The third kappa shape index (κ3) is 14.8. The van der Waals surface area contributed by atoms with Crippen molar-refractivity contribution in [3.63, 3.8) is 0 Å². The van der Waals surface area contributed by atoms with E-state index >= 15 is 0 Å². The Bertz CT molecular complexity index is 1750. The Morgan fingerprint density at radius 3 is 2.12 bits per heavy atom. The first-order valence-corrected chi connectivity index (χ1v) is 17.9. The Morgan fingerprint density at radius 2 is 1.48 bits per heavy atom. The van der Waals surface area contributed by atoms with Gasteiger partial charge in [-0.3, -0.25) is 52.4 Å². The number of benzene rings is 2. The Hall–Kier alpha value is -6.35. The third-order valence-corrected chi connectivity index (χ3v) is 8.47. The number of oxime groups is 1. The van der Waals surface area contributed by atoms with Crippen molar-refractivity contribution in [2.75, 3.05) is 13.2 Å². The zero-order chi connectivity index (χ0) is 41.4. The van der Waals surface area contributed by atoms with Gasteiger partial charge in [-0.05, 0) is 38.4 Å². The van der Waals surface area contributed by atoms with Gasteiger partial charge in [0, 0.05) is 25.9 Å². The van der Waals surface area contributed by atoms with Crippen LogP contribution in [0.15, 0.2) is 47.6 Å². The zero-order valence-corrected chi connectivity index (χ0v) is 31.9. The van der Waals surface area contributed by atoms with Crippen LogP contribution >= 0.6 is 0 Å². The van der Waals surface area contributed by atoms with Crippen LogP contribution < -0.4 is 76.9 Å². The molecule has 3 rings (SSSR count). The molecule has 306 valence electrons. The molecule has 0 saturated heterocycles. The lowest BCUT2D eigenvalue weighted by Gasteiger charge is -2.33. The molecule has 0 fully saturated rings. The Kier molecular flexibility index (Phi) is 16.5. The van der Waals surface area contributed by atoms with Crippen molar-refractivity contribution in [1.29, 1.82) is 0 Å². The van der Waals surface area contributed by atoms with Crippen molar-refractivity contribution in [3.05, 3.63) is 70.3 Å². The van der Waals surface area contributed by atoms with Crippen LogP contribution in [0, 0.1) is 5.41 Å². The number of nitrogens with zero attached hydrogens (tertiary/aromatic N) is 1. The van der Waals surface area contributed by atoms with Crippen molar-refractivity contribution < 1.29 is 39.0 Å². The SMILES string of the molecule is CC(C)(C)[C@H](NC(=O)[C@H](CCON=C(N)N)NC(=O)Cc1ccc(C[NH+]=C(N)N)cc1)C(=O)N[C@@H](CCO[NH+]=C(N)N)C(=O)NCc1ccc2c(c1)CNC2N. The first-order chi connectivity index (χ1) is 26.4. The van der Waals surface area contributed by atoms with Gasteiger partial charge in [0.1, 0.15) is 31.3 Å². The van der Waals surface area contributed by atoms with Crippen LogP contribution in [0.3, 0.4) is 0 Å². The molecule has 0 radical (unpaired) electrons. The highest BCUT2D eigenvalue weighted by Crippen LogP contribution is 2.23. The monoisotopic (exact) mass is 783 g/mol. The molecule has 56 heavy (non-hydrogen) atoms. The molecule has 0 aromatic heterocycles. The van der Waals surface area contributed by atoms with Gasteiger partial charge in [0.15, 0.2) is 0 Å². The van der Waals surface area contributed by atoms with E-state index in [2.05, 4.69) is 41.9 Å². The molecule has 1 aliphatic heterocycles. The van der Waals surface area contributed by atoms with Crippen LogP contribution in [0.5, 0.6) is 0 Å². The topological polar surface area (TPSA) is 369 Å². The summed E-state index contributed by atoms with van der Waals surface area (Å²) in [6.07, 6.45) is -0.368. The summed E-state index contributed by atoms with van der Waals surface area (Å²) in [6, 6.07) is 9.40. The van der Waals surface area contributed by atoms with Gasteiger partial charge >= 0.3 is 11.9 Å². The number of hydrogen-bond donors (Lipinski definition) is 14. The summed E-state index contributed by atoms with van der Waals surface area (Å²) in [6.45, 7) is 6.16. The van der Waals surface area contributed by atoms with E-state index in [4.69, 9.17) is 49.8 Å². The Balaban J connectivity index is 1.75. The van der Waals surface area contributed by atoms with Gasteiger partial charge in [-0.1, -0.05) is 63.2 Å². The largest absolute Gasteiger partial charge is 0.393 e. The van der Waals surface area contributed by atoms with Crippen LogP contribution in [-0.2, 0) is 54.9 Å². The summed E-state index contributed by atoms with van der Waals surface area (Å²) in [7, 11) is 0. The van der Waals surface area contributed by atoms with Gasteiger partial charge < -0.3 is 48.1 Å². The summed E-state index contributed by atoms with van der Waals surface area (Å²) >= 11 is 0. The molecule has 21 nitrogen and oxygen atoms in total. The number of amides is 4. The van der Waals surface area contributed by atoms with E-state index < -0.39 is 47.2 Å². The van der Waals surface area contributed by atoms with E-state index in [0.29, 0.717) is 18.7 Å². The molecule has 1 aliphatic rings. The fourth-order valence-electron chi connectivity index (χ4n) is 5.59. The average Bonchev–Trinajstić information content (AvgIpc) is 3.50. The van der Waals surface area contributed by atoms with E-state index in [1.165, 1.54) is 0 Å². The quantitative estimate of drug-likeness (QED) is 0.0257. The molecule has 2 aromatic rings. The minimum absolute atomic E-state index is 0.00342. The summed E-state index contributed by atoms with van der Waals surface area (Å²) in [5, 5.41) is 20.0. The molecule has 0 bridgehead atoms. The molecule has 2 aromatic carbocycles. The van der Waals surface area contributed by atoms with Crippen molar-refractivity contribution in [3.8, 4) is 0 Å². The molecule has 1 unspecified atom stereocenters. The van der Waals surface area contributed by atoms with Crippen molar-refractivity contribution in [2.45, 2.75) is 84.0 Å². The van der Waals surface area contributed by atoms with E-state index in [1.54, 1.807) is 32.9 Å². The van der Waals surface area contributed by atoms with E-state index in [0.717, 1.165) is 22.3 Å². The maximum absolute atomic E-state index is 13.9. The lowest BCUT2D eigenvalue weighted by Crippen LogP contribution is -2.77. The fraction of sp³-hybridized carbons (Fsp3) is 0.457. The van der Waals surface area contributed by atoms with Gasteiger partial charge in [-0.2, -0.15) is 0 Å². The highest BCUT2D eigenvalue weighted by molar-refractivity contribution is 5.95. The van der Waals surface area contributed by atoms with Crippen molar-refractivity contribution in [2.24, 2.45) is 50.7 Å². The summed E-state index contributed by atoms with van der Waals surface area (Å²) in [4.78, 5) is 67.6. The molecule has 0 aliphatic carbocycles. The maximum atomic E-state index is 13.9. The first-order valence-electron chi connectivity index (χ1n) is 17.9. The van der Waals surface area contributed by atoms with Crippen LogP contribution in [0.25, 0.3) is 0 Å². The molecular formula is C35H57N15O6+2. The summed E-state index contributed by atoms with van der Waals surface area (Å²) in [5.41, 5.74) is 42.0. The van der Waals surface area contributed by atoms with E-state index in [9.17, 15) is 19.2 Å². The molecule has 4 atom stereocenters. The molecule has 0 spiro atoms. The predicted octanol–water partition coefficient (Wildman–Crippen LogP) is -6.77. The number of rotatable bonds is 20. The summed E-state index contributed by atoms with van der Waals surface area (Å²) < 4.78 is 0. The van der Waals surface area contributed by atoms with Gasteiger partial charge in [0.05, 0.1) is 19.1 Å². The number of carbonyl (C=O) groups excluding carboxylic acids is 4. The van der Waals surface area contributed by atoms with Crippen molar-refractivity contribution >= 4 is 41.5 Å². The first kappa shape index (κ1) is 44.0.